The van der Waals surface area contributed by atoms with E-state index in [2.05, 4.69) is 16.0 Å². The van der Waals surface area contributed by atoms with Crippen LogP contribution >= 0.6 is 0 Å². The molecule has 52 valence electrons. The monoisotopic (exact) mass is 136 g/mol. The average Bonchev–Trinajstić information content (AvgIpc) is 2.27. The highest BCUT2D eigenvalue weighted by molar-refractivity contribution is 5.49. The summed E-state index contributed by atoms with van der Waals surface area (Å²) < 4.78 is 0. The lowest BCUT2D eigenvalue weighted by Crippen LogP contribution is -2.00. The molecular weight excluding hydrogens is 128 g/mol. The molecule has 1 aliphatic carbocycles. The van der Waals surface area contributed by atoms with Gasteiger partial charge in [-0.1, -0.05) is 6.08 Å². The quantitative estimate of drug-likeness (QED) is 0.541. The summed E-state index contributed by atoms with van der Waals surface area (Å²) in [6.07, 6.45) is 5.98. The van der Waals surface area contributed by atoms with Crippen LogP contribution in [0.2, 0.25) is 0 Å². The van der Waals surface area contributed by atoms with Crippen LogP contribution in [0.25, 0.3) is 6.08 Å². The molecule has 0 amide bonds. The van der Waals surface area contributed by atoms with Crippen molar-refractivity contribution in [2.75, 3.05) is 0 Å². The van der Waals surface area contributed by atoms with Crippen LogP contribution in [0.1, 0.15) is 17.8 Å². The predicted molar refractivity (Wildman–Crippen MR) is 38.8 cm³/mol. The maximum atomic E-state index is 10.7. The van der Waals surface area contributed by atoms with Gasteiger partial charge in [0.05, 0.1) is 5.69 Å². The molecule has 0 saturated heterocycles. The minimum absolute atomic E-state index is 0.100. The van der Waals surface area contributed by atoms with Crippen LogP contribution in [0.15, 0.2) is 10.9 Å². The number of hydrogen-bond donors (Lipinski definition) is 2. The summed E-state index contributed by atoms with van der Waals surface area (Å²) in [7, 11) is 0. The number of rotatable bonds is 0. The molecule has 1 aliphatic rings. The normalized spacial score (nSPS) is 15.2. The van der Waals surface area contributed by atoms with E-state index in [0.29, 0.717) is 0 Å². The minimum Gasteiger partial charge on any atom is -0.309 e. The topological polar surface area (TPSA) is 48.6 Å². The molecule has 0 aromatic carbocycles. The summed E-state index contributed by atoms with van der Waals surface area (Å²) in [5.41, 5.74) is 1.88. The van der Waals surface area contributed by atoms with Gasteiger partial charge in [-0.3, -0.25) is 0 Å². The molecule has 0 aliphatic heterocycles. The molecule has 10 heavy (non-hydrogen) atoms. The van der Waals surface area contributed by atoms with Gasteiger partial charge in [-0.2, -0.15) is 0 Å². The molecule has 1 aromatic heterocycles. The Morgan fingerprint density at radius 2 is 2.30 bits per heavy atom. The fourth-order valence-corrected chi connectivity index (χ4v) is 1.20. The summed E-state index contributed by atoms with van der Waals surface area (Å²) >= 11 is 0. The van der Waals surface area contributed by atoms with Crippen molar-refractivity contribution < 1.29 is 0 Å². The maximum absolute atomic E-state index is 10.7. The van der Waals surface area contributed by atoms with E-state index in [9.17, 15) is 4.79 Å². The Hall–Kier alpha value is -1.25. The lowest BCUT2D eigenvalue weighted by molar-refractivity contribution is 0.939. The molecule has 0 fully saturated rings. The number of imidazole rings is 1. The first-order valence-electron chi connectivity index (χ1n) is 3.34. The van der Waals surface area contributed by atoms with E-state index >= 15 is 0 Å². The molecule has 3 nitrogen and oxygen atoms in total. The van der Waals surface area contributed by atoms with E-state index < -0.39 is 0 Å². The highest BCUT2D eigenvalue weighted by Gasteiger charge is 2.05. The fraction of sp³-hybridized carbons (Fsp3) is 0.286. The van der Waals surface area contributed by atoms with Gasteiger partial charge < -0.3 is 9.97 Å². The summed E-state index contributed by atoms with van der Waals surface area (Å²) in [4.78, 5) is 16.1. The first-order chi connectivity index (χ1) is 4.86. The number of nitrogens with one attached hydrogen (secondary N) is 2. The van der Waals surface area contributed by atoms with Gasteiger partial charge in [-0.05, 0) is 18.9 Å². The first-order valence-corrected chi connectivity index (χ1v) is 3.34. The lowest BCUT2D eigenvalue weighted by Gasteiger charge is -2.00. The lowest BCUT2D eigenvalue weighted by atomic mass is 10.1. The van der Waals surface area contributed by atoms with Crippen molar-refractivity contribution in [3.8, 4) is 0 Å². The molecular formula is C7H8N2O. The number of hydrogen-bond acceptors (Lipinski definition) is 1. The van der Waals surface area contributed by atoms with Crippen molar-refractivity contribution in [3.63, 3.8) is 0 Å². The molecule has 0 bridgehead atoms. The van der Waals surface area contributed by atoms with E-state index in [1.54, 1.807) is 0 Å². The Kier molecular flexibility index (Phi) is 1.03. The van der Waals surface area contributed by atoms with Crippen LogP contribution in [0.5, 0.6) is 0 Å². The molecule has 2 N–H and O–H groups in total. The zero-order valence-corrected chi connectivity index (χ0v) is 5.48. The molecule has 0 saturated carbocycles. The zero-order chi connectivity index (χ0) is 6.97. The highest BCUT2D eigenvalue weighted by Crippen LogP contribution is 2.11. The molecule has 0 spiro atoms. The van der Waals surface area contributed by atoms with Gasteiger partial charge >= 0.3 is 5.69 Å². The molecule has 0 atom stereocenters. The smallest absolute Gasteiger partial charge is 0.309 e. The Morgan fingerprint density at radius 3 is 3.10 bits per heavy atom. The van der Waals surface area contributed by atoms with Gasteiger partial charge in [0.25, 0.3) is 0 Å². The number of allylic oxidation sites excluding steroid dienone is 1. The van der Waals surface area contributed by atoms with E-state index in [1.807, 2.05) is 6.08 Å². The molecule has 1 aromatic rings. The molecule has 2 rings (SSSR count). The number of H-pyrrole nitrogens is 2. The van der Waals surface area contributed by atoms with Crippen LogP contribution in [-0.4, -0.2) is 9.97 Å². The first kappa shape index (κ1) is 5.53. The van der Waals surface area contributed by atoms with Gasteiger partial charge in [-0.25, -0.2) is 4.79 Å². The van der Waals surface area contributed by atoms with Crippen molar-refractivity contribution >= 4 is 6.08 Å². The third-order valence-corrected chi connectivity index (χ3v) is 1.68. The number of aromatic amines is 2. The van der Waals surface area contributed by atoms with Crippen LogP contribution < -0.4 is 5.69 Å². The van der Waals surface area contributed by atoms with Crippen molar-refractivity contribution in [1.82, 2.24) is 9.97 Å². The van der Waals surface area contributed by atoms with Crippen molar-refractivity contribution in [2.45, 2.75) is 12.8 Å². The number of aromatic nitrogens is 2. The van der Waals surface area contributed by atoms with Gasteiger partial charge in [-0.15, -0.1) is 0 Å². The minimum atomic E-state index is -0.100. The van der Waals surface area contributed by atoms with Crippen LogP contribution in [0, 0.1) is 0 Å². The van der Waals surface area contributed by atoms with Crippen molar-refractivity contribution in [1.29, 1.82) is 0 Å². The standard InChI is InChI=1S/C7H8N2O/c10-7-8-5-3-1-2-4-6(5)9-7/h1,3H,2,4H2,(H2,8,9,10). The Bertz CT molecular complexity index is 319. The van der Waals surface area contributed by atoms with Crippen molar-refractivity contribution in [3.05, 3.63) is 27.9 Å². The van der Waals surface area contributed by atoms with Crippen LogP contribution in [0.4, 0.5) is 0 Å². The number of fused-ring (bicyclic) bond motifs is 1. The summed E-state index contributed by atoms with van der Waals surface area (Å²) in [6, 6.07) is 0. The highest BCUT2D eigenvalue weighted by atomic mass is 16.1. The van der Waals surface area contributed by atoms with Gasteiger partial charge in [0.2, 0.25) is 0 Å². The molecule has 3 heteroatoms. The van der Waals surface area contributed by atoms with E-state index in [-0.39, 0.29) is 5.69 Å². The van der Waals surface area contributed by atoms with Crippen LogP contribution in [0.3, 0.4) is 0 Å². The molecule has 1 heterocycles. The van der Waals surface area contributed by atoms with Gasteiger partial charge in [0, 0.05) is 5.69 Å². The second-order valence-electron chi connectivity index (χ2n) is 2.41. The Morgan fingerprint density at radius 1 is 1.40 bits per heavy atom. The zero-order valence-electron chi connectivity index (χ0n) is 5.48. The summed E-state index contributed by atoms with van der Waals surface area (Å²) in [6.45, 7) is 0. The maximum Gasteiger partial charge on any atom is 0.323 e. The largest absolute Gasteiger partial charge is 0.323 e. The third-order valence-electron chi connectivity index (χ3n) is 1.68. The Labute approximate surface area is 57.8 Å². The van der Waals surface area contributed by atoms with Crippen molar-refractivity contribution in [2.24, 2.45) is 0 Å². The van der Waals surface area contributed by atoms with Crippen LogP contribution in [-0.2, 0) is 6.42 Å². The van der Waals surface area contributed by atoms with Gasteiger partial charge in [0.15, 0.2) is 0 Å². The summed E-state index contributed by atoms with van der Waals surface area (Å²) in [5, 5.41) is 0. The Balaban J connectivity index is 2.63. The van der Waals surface area contributed by atoms with Gasteiger partial charge in [0.1, 0.15) is 0 Å². The third kappa shape index (κ3) is 0.708. The molecule has 0 unspecified atom stereocenters. The SMILES string of the molecule is O=c1[nH]c2c([nH]1)CCC=C2. The second kappa shape index (κ2) is 1.87. The van der Waals surface area contributed by atoms with E-state index in [4.69, 9.17) is 0 Å². The fourth-order valence-electron chi connectivity index (χ4n) is 1.20. The summed E-state index contributed by atoms with van der Waals surface area (Å²) in [5.74, 6) is 0. The second-order valence-corrected chi connectivity index (χ2v) is 2.41. The van der Waals surface area contributed by atoms with E-state index in [1.165, 1.54) is 0 Å². The average molecular weight is 136 g/mol. The molecule has 0 radical (unpaired) electrons. The van der Waals surface area contributed by atoms with E-state index in [0.717, 1.165) is 24.2 Å². The number of aryl methyl sites for hydroxylation is 1. The predicted octanol–water partition coefficient (Wildman–Crippen LogP) is 0.662.